The number of ether oxygens (including phenoxy) is 1. The molecule has 3 heterocycles. The van der Waals surface area contributed by atoms with Gasteiger partial charge in [0.2, 0.25) is 0 Å². The fourth-order valence-corrected chi connectivity index (χ4v) is 3.72. The van der Waals surface area contributed by atoms with E-state index in [1.165, 1.54) is 0 Å². The normalized spacial score (nSPS) is 17.4. The topological polar surface area (TPSA) is 61.5 Å². The Balaban J connectivity index is 1.56. The van der Waals surface area contributed by atoms with Crippen LogP contribution in [0.5, 0.6) is 5.75 Å². The molecule has 6 nitrogen and oxygen atoms in total. The summed E-state index contributed by atoms with van der Waals surface area (Å²) >= 11 is 0. The van der Waals surface area contributed by atoms with Crippen molar-refractivity contribution < 1.29 is 9.53 Å². The van der Waals surface area contributed by atoms with Crippen molar-refractivity contribution in [2.24, 2.45) is 0 Å². The van der Waals surface area contributed by atoms with Gasteiger partial charge in [0.1, 0.15) is 12.4 Å². The van der Waals surface area contributed by atoms with Gasteiger partial charge in [0, 0.05) is 30.8 Å². The molecule has 0 atom stereocenters. The molecular formula is C19H24N4O2. The number of amides is 1. The molecular weight excluding hydrogens is 316 g/mol. The summed E-state index contributed by atoms with van der Waals surface area (Å²) in [5.41, 5.74) is 3.26. The Morgan fingerprint density at radius 1 is 1.24 bits per heavy atom. The summed E-state index contributed by atoms with van der Waals surface area (Å²) in [5, 5.41) is 7.41. The summed E-state index contributed by atoms with van der Waals surface area (Å²) in [5.74, 6) is 0.849. The zero-order valence-corrected chi connectivity index (χ0v) is 14.6. The third-order valence-electron chi connectivity index (χ3n) is 5.01. The molecule has 1 N–H and O–H groups in total. The lowest BCUT2D eigenvalue weighted by Crippen LogP contribution is -2.36. The molecule has 2 aliphatic rings. The molecule has 0 radical (unpaired) electrons. The maximum absolute atomic E-state index is 13.0. The predicted molar refractivity (Wildman–Crippen MR) is 95.6 cm³/mol. The van der Waals surface area contributed by atoms with Crippen molar-refractivity contribution in [3.05, 3.63) is 35.5 Å². The number of para-hydroxylation sites is 1. The van der Waals surface area contributed by atoms with Crippen molar-refractivity contribution in [1.29, 1.82) is 0 Å². The molecule has 6 heteroatoms. The molecule has 1 saturated heterocycles. The van der Waals surface area contributed by atoms with Gasteiger partial charge in [-0.1, -0.05) is 19.1 Å². The fraction of sp³-hybridized carbons (Fsp3) is 0.474. The van der Waals surface area contributed by atoms with Crippen molar-refractivity contribution >= 4 is 5.91 Å². The Morgan fingerprint density at radius 3 is 3.00 bits per heavy atom. The summed E-state index contributed by atoms with van der Waals surface area (Å²) < 4.78 is 5.82. The Kier molecular flexibility index (Phi) is 4.44. The first-order valence-corrected chi connectivity index (χ1v) is 9.09. The van der Waals surface area contributed by atoms with E-state index in [2.05, 4.69) is 22.0 Å². The van der Waals surface area contributed by atoms with E-state index in [9.17, 15) is 4.79 Å². The van der Waals surface area contributed by atoms with Crippen LogP contribution >= 0.6 is 0 Å². The second-order valence-corrected chi connectivity index (χ2v) is 6.70. The standard InChI is InChI=1S/C19H24N4O2/c1-2-8-22-9-5-10-23(12-11-22)19(24)18-15-13-25-16-7-4-3-6-14(16)17(15)20-21-18/h3-4,6-7H,2,5,8-13H2,1H3,(H,20,21). The van der Waals surface area contributed by atoms with Gasteiger partial charge in [0.25, 0.3) is 5.91 Å². The first kappa shape index (κ1) is 16.1. The minimum atomic E-state index is 0.0128. The molecule has 0 bridgehead atoms. The van der Waals surface area contributed by atoms with Crippen LogP contribution in [0.1, 0.15) is 35.8 Å². The Morgan fingerprint density at radius 2 is 2.12 bits per heavy atom. The summed E-state index contributed by atoms with van der Waals surface area (Å²) in [6.45, 7) is 7.24. The van der Waals surface area contributed by atoms with Crippen LogP contribution in [0.15, 0.2) is 24.3 Å². The van der Waals surface area contributed by atoms with E-state index in [1.54, 1.807) is 0 Å². The Bertz CT molecular complexity index is 771. The second kappa shape index (κ2) is 6.88. The van der Waals surface area contributed by atoms with Gasteiger partial charge in [0.15, 0.2) is 5.69 Å². The van der Waals surface area contributed by atoms with E-state index in [-0.39, 0.29) is 5.91 Å². The number of aromatic amines is 1. The molecule has 0 spiro atoms. The van der Waals surface area contributed by atoms with Crippen LogP contribution in [0, 0.1) is 0 Å². The average Bonchev–Trinajstić information content (AvgIpc) is 2.94. The molecule has 132 valence electrons. The molecule has 1 amide bonds. The van der Waals surface area contributed by atoms with Gasteiger partial charge >= 0.3 is 0 Å². The molecule has 2 aliphatic heterocycles. The predicted octanol–water partition coefficient (Wildman–Crippen LogP) is 2.53. The lowest BCUT2D eigenvalue weighted by Gasteiger charge is -2.22. The van der Waals surface area contributed by atoms with Gasteiger partial charge in [-0.15, -0.1) is 0 Å². The van der Waals surface area contributed by atoms with Crippen LogP contribution in [-0.4, -0.2) is 58.6 Å². The minimum Gasteiger partial charge on any atom is -0.488 e. The number of fused-ring (bicyclic) bond motifs is 3. The number of benzene rings is 1. The molecule has 0 unspecified atom stereocenters. The van der Waals surface area contributed by atoms with E-state index in [0.29, 0.717) is 12.3 Å². The second-order valence-electron chi connectivity index (χ2n) is 6.70. The molecule has 1 aromatic heterocycles. The van der Waals surface area contributed by atoms with Crippen LogP contribution in [0.2, 0.25) is 0 Å². The average molecular weight is 340 g/mol. The lowest BCUT2D eigenvalue weighted by molar-refractivity contribution is 0.0752. The first-order chi connectivity index (χ1) is 12.3. The largest absolute Gasteiger partial charge is 0.488 e. The molecule has 25 heavy (non-hydrogen) atoms. The number of rotatable bonds is 3. The molecule has 1 aromatic carbocycles. The van der Waals surface area contributed by atoms with Gasteiger partial charge in [-0.3, -0.25) is 9.89 Å². The molecule has 2 aromatic rings. The van der Waals surface area contributed by atoms with E-state index in [0.717, 1.165) is 68.1 Å². The van der Waals surface area contributed by atoms with Crippen LogP contribution in [0.25, 0.3) is 11.3 Å². The molecule has 1 fully saturated rings. The van der Waals surface area contributed by atoms with Crippen molar-refractivity contribution in [3.63, 3.8) is 0 Å². The van der Waals surface area contributed by atoms with Crippen molar-refractivity contribution in [2.45, 2.75) is 26.4 Å². The smallest absolute Gasteiger partial charge is 0.274 e. The van der Waals surface area contributed by atoms with Gasteiger partial charge in [-0.05, 0) is 38.1 Å². The number of H-pyrrole nitrogens is 1. The maximum atomic E-state index is 13.0. The SMILES string of the molecule is CCCN1CCCN(C(=O)c2n[nH]c3c2COc2ccccc2-3)CC1. The van der Waals surface area contributed by atoms with E-state index in [1.807, 2.05) is 29.2 Å². The van der Waals surface area contributed by atoms with E-state index in [4.69, 9.17) is 4.74 Å². The van der Waals surface area contributed by atoms with Crippen LogP contribution < -0.4 is 4.74 Å². The number of aromatic nitrogens is 2. The van der Waals surface area contributed by atoms with Crippen LogP contribution in [0.3, 0.4) is 0 Å². The van der Waals surface area contributed by atoms with Crippen molar-refractivity contribution in [3.8, 4) is 17.0 Å². The molecule has 4 rings (SSSR count). The fourth-order valence-electron chi connectivity index (χ4n) is 3.72. The number of carbonyl (C=O) groups is 1. The number of hydrogen-bond acceptors (Lipinski definition) is 4. The highest BCUT2D eigenvalue weighted by molar-refractivity contribution is 5.96. The summed E-state index contributed by atoms with van der Waals surface area (Å²) in [4.78, 5) is 17.4. The Labute approximate surface area is 147 Å². The first-order valence-electron chi connectivity index (χ1n) is 9.09. The Hall–Kier alpha value is -2.34. The summed E-state index contributed by atoms with van der Waals surface area (Å²) in [7, 11) is 0. The van der Waals surface area contributed by atoms with Crippen LogP contribution in [-0.2, 0) is 6.61 Å². The molecule has 0 aliphatic carbocycles. The third-order valence-corrected chi connectivity index (χ3v) is 5.01. The highest BCUT2D eigenvalue weighted by Gasteiger charge is 2.29. The third kappa shape index (κ3) is 3.02. The number of nitrogens with zero attached hydrogens (tertiary/aromatic N) is 3. The van der Waals surface area contributed by atoms with E-state index < -0.39 is 0 Å². The zero-order chi connectivity index (χ0) is 17.2. The van der Waals surface area contributed by atoms with Gasteiger partial charge in [-0.2, -0.15) is 5.10 Å². The number of nitrogens with one attached hydrogen (secondary N) is 1. The maximum Gasteiger partial charge on any atom is 0.274 e. The lowest BCUT2D eigenvalue weighted by atomic mass is 10.0. The minimum absolute atomic E-state index is 0.0128. The van der Waals surface area contributed by atoms with Gasteiger partial charge < -0.3 is 14.5 Å². The monoisotopic (exact) mass is 340 g/mol. The summed E-state index contributed by atoms with van der Waals surface area (Å²) in [6.07, 6.45) is 2.16. The zero-order valence-electron chi connectivity index (χ0n) is 14.6. The van der Waals surface area contributed by atoms with Crippen molar-refractivity contribution in [1.82, 2.24) is 20.0 Å². The van der Waals surface area contributed by atoms with Gasteiger partial charge in [0.05, 0.1) is 5.69 Å². The number of carbonyl (C=O) groups excluding carboxylic acids is 1. The van der Waals surface area contributed by atoms with Gasteiger partial charge in [-0.25, -0.2) is 0 Å². The highest BCUT2D eigenvalue weighted by Crippen LogP contribution is 2.37. The van der Waals surface area contributed by atoms with Crippen molar-refractivity contribution in [2.75, 3.05) is 32.7 Å². The van der Waals surface area contributed by atoms with Crippen LogP contribution in [0.4, 0.5) is 0 Å². The summed E-state index contributed by atoms with van der Waals surface area (Å²) in [6, 6.07) is 7.86. The quantitative estimate of drug-likeness (QED) is 0.933. The highest BCUT2D eigenvalue weighted by atomic mass is 16.5. The van der Waals surface area contributed by atoms with E-state index >= 15 is 0 Å². The number of hydrogen-bond donors (Lipinski definition) is 1. The molecule has 0 saturated carbocycles.